The zero-order chi connectivity index (χ0) is 19.1. The summed E-state index contributed by atoms with van der Waals surface area (Å²) in [5, 5.41) is 2.92. The molecular weight excluding hydrogens is 342 g/mol. The maximum absolute atomic E-state index is 12.3. The average Bonchev–Trinajstić information content (AvgIpc) is 2.67. The van der Waals surface area contributed by atoms with Crippen LogP contribution in [0.15, 0.2) is 41.2 Å². The van der Waals surface area contributed by atoms with Gasteiger partial charge in [0.2, 0.25) is 0 Å². The fourth-order valence-corrected chi connectivity index (χ4v) is 3.27. The van der Waals surface area contributed by atoms with E-state index in [1.165, 1.54) is 11.6 Å². The highest BCUT2D eigenvalue weighted by atomic mass is 16.2. The Balaban J connectivity index is 1.36. The molecule has 3 rings (SSSR count). The van der Waals surface area contributed by atoms with Gasteiger partial charge in [-0.1, -0.05) is 30.3 Å². The van der Waals surface area contributed by atoms with Gasteiger partial charge in [0.15, 0.2) is 0 Å². The van der Waals surface area contributed by atoms with E-state index in [1.807, 2.05) is 11.0 Å². The zero-order valence-corrected chi connectivity index (χ0v) is 15.8. The molecule has 2 heterocycles. The van der Waals surface area contributed by atoms with Crippen LogP contribution in [0.25, 0.3) is 0 Å². The van der Waals surface area contributed by atoms with Gasteiger partial charge in [-0.25, -0.2) is 9.78 Å². The van der Waals surface area contributed by atoms with Crippen molar-refractivity contribution in [3.63, 3.8) is 0 Å². The Morgan fingerprint density at radius 2 is 1.89 bits per heavy atom. The van der Waals surface area contributed by atoms with Gasteiger partial charge in [-0.15, -0.1) is 0 Å². The van der Waals surface area contributed by atoms with E-state index in [2.05, 4.69) is 44.5 Å². The number of aromatic amines is 1. The predicted octanol–water partition coefficient (Wildman–Crippen LogP) is 1.19. The first-order valence-corrected chi connectivity index (χ1v) is 9.46. The first-order valence-electron chi connectivity index (χ1n) is 9.46. The Morgan fingerprint density at radius 1 is 1.15 bits per heavy atom. The largest absolute Gasteiger partial charge is 0.338 e. The van der Waals surface area contributed by atoms with Gasteiger partial charge in [-0.3, -0.25) is 9.69 Å². The summed E-state index contributed by atoms with van der Waals surface area (Å²) >= 11 is 0. The number of carbonyl (C=O) groups is 1. The van der Waals surface area contributed by atoms with E-state index in [-0.39, 0.29) is 11.6 Å². The third-order valence-corrected chi connectivity index (χ3v) is 4.78. The Morgan fingerprint density at radius 3 is 2.59 bits per heavy atom. The van der Waals surface area contributed by atoms with Crippen molar-refractivity contribution in [2.45, 2.75) is 19.8 Å². The number of urea groups is 1. The van der Waals surface area contributed by atoms with Gasteiger partial charge in [0, 0.05) is 57.4 Å². The molecule has 1 saturated heterocycles. The number of hydrogen-bond acceptors (Lipinski definition) is 4. The van der Waals surface area contributed by atoms with Crippen LogP contribution in [0.1, 0.15) is 17.1 Å². The van der Waals surface area contributed by atoms with E-state index in [0.717, 1.165) is 39.1 Å². The van der Waals surface area contributed by atoms with E-state index in [4.69, 9.17) is 0 Å². The molecule has 1 aromatic heterocycles. The van der Waals surface area contributed by atoms with Crippen molar-refractivity contribution in [2.75, 3.05) is 39.3 Å². The molecule has 0 atom stereocenters. The summed E-state index contributed by atoms with van der Waals surface area (Å²) in [7, 11) is 0. The van der Waals surface area contributed by atoms with Gasteiger partial charge in [-0.05, 0) is 18.9 Å². The third kappa shape index (κ3) is 5.92. The normalized spacial score (nSPS) is 14.9. The molecule has 144 valence electrons. The Hall–Kier alpha value is -2.67. The minimum absolute atomic E-state index is 0.0484. The van der Waals surface area contributed by atoms with Crippen molar-refractivity contribution in [3.8, 4) is 0 Å². The summed E-state index contributed by atoms with van der Waals surface area (Å²) in [6, 6.07) is 11.9. The van der Waals surface area contributed by atoms with Crippen molar-refractivity contribution in [3.05, 3.63) is 63.8 Å². The lowest BCUT2D eigenvalue weighted by Crippen LogP contribution is -2.52. The fraction of sp³-hybridized carbons (Fsp3) is 0.450. The Labute approximate surface area is 159 Å². The van der Waals surface area contributed by atoms with E-state index >= 15 is 0 Å². The molecule has 7 heteroatoms. The smallest absolute Gasteiger partial charge is 0.317 e. The fourth-order valence-electron chi connectivity index (χ4n) is 3.27. The van der Waals surface area contributed by atoms with Crippen molar-refractivity contribution in [1.82, 2.24) is 25.1 Å². The standard InChI is InChI=1S/C20H27N5O2/c1-16-15-19(26)23-18(22-16)7-9-21-20(27)25-13-11-24(12-14-25)10-8-17-5-3-2-4-6-17/h2-6,15H,7-14H2,1H3,(H,21,27)(H,22,23,26). The number of carbonyl (C=O) groups excluding carboxylic acids is 1. The number of hydrogen-bond donors (Lipinski definition) is 2. The van der Waals surface area contributed by atoms with Crippen LogP contribution < -0.4 is 10.9 Å². The number of aryl methyl sites for hydroxylation is 1. The van der Waals surface area contributed by atoms with Crippen molar-refractivity contribution < 1.29 is 4.79 Å². The summed E-state index contributed by atoms with van der Waals surface area (Å²) in [6.07, 6.45) is 1.55. The molecule has 1 fully saturated rings. The van der Waals surface area contributed by atoms with Crippen molar-refractivity contribution in [1.29, 1.82) is 0 Å². The molecule has 0 bridgehead atoms. The Kier molecular flexibility index (Phi) is 6.59. The molecule has 1 aromatic carbocycles. The van der Waals surface area contributed by atoms with Gasteiger partial charge in [0.25, 0.3) is 5.56 Å². The molecule has 1 aliphatic rings. The molecule has 0 unspecified atom stereocenters. The number of benzene rings is 1. The van der Waals surface area contributed by atoms with Crippen LogP contribution in [0.5, 0.6) is 0 Å². The maximum atomic E-state index is 12.3. The van der Waals surface area contributed by atoms with Gasteiger partial charge < -0.3 is 15.2 Å². The molecule has 2 aromatic rings. The van der Waals surface area contributed by atoms with E-state index in [9.17, 15) is 9.59 Å². The van der Waals surface area contributed by atoms with Crippen LogP contribution in [0, 0.1) is 6.92 Å². The monoisotopic (exact) mass is 369 g/mol. The van der Waals surface area contributed by atoms with Crippen LogP contribution in [0.4, 0.5) is 4.79 Å². The molecule has 0 spiro atoms. The number of piperazine rings is 1. The minimum atomic E-state index is -0.157. The summed E-state index contributed by atoms with van der Waals surface area (Å²) in [5.41, 5.74) is 1.88. The second-order valence-electron chi connectivity index (χ2n) is 6.88. The summed E-state index contributed by atoms with van der Waals surface area (Å²) < 4.78 is 0. The maximum Gasteiger partial charge on any atom is 0.317 e. The number of H-pyrrole nitrogens is 1. The summed E-state index contributed by atoms with van der Waals surface area (Å²) in [4.78, 5) is 35.0. The van der Waals surface area contributed by atoms with Crippen molar-refractivity contribution >= 4 is 6.03 Å². The topological polar surface area (TPSA) is 81.3 Å². The van der Waals surface area contributed by atoms with Crippen LogP contribution in [-0.2, 0) is 12.8 Å². The highest BCUT2D eigenvalue weighted by Crippen LogP contribution is 2.06. The predicted molar refractivity (Wildman–Crippen MR) is 105 cm³/mol. The quantitative estimate of drug-likeness (QED) is 0.801. The highest BCUT2D eigenvalue weighted by Gasteiger charge is 2.20. The van der Waals surface area contributed by atoms with E-state index in [0.29, 0.717) is 24.5 Å². The summed E-state index contributed by atoms with van der Waals surface area (Å²) in [5.74, 6) is 0.603. The van der Waals surface area contributed by atoms with Gasteiger partial charge in [0.1, 0.15) is 5.82 Å². The molecular formula is C20H27N5O2. The van der Waals surface area contributed by atoms with E-state index in [1.54, 1.807) is 6.92 Å². The SMILES string of the molecule is Cc1cc(=O)[nH]c(CCNC(=O)N2CCN(CCc3ccccc3)CC2)n1. The lowest BCUT2D eigenvalue weighted by atomic mass is 10.1. The third-order valence-electron chi connectivity index (χ3n) is 4.78. The summed E-state index contributed by atoms with van der Waals surface area (Å²) in [6.45, 7) is 6.53. The van der Waals surface area contributed by atoms with E-state index < -0.39 is 0 Å². The molecule has 0 aliphatic carbocycles. The number of nitrogens with zero attached hydrogens (tertiary/aromatic N) is 3. The van der Waals surface area contributed by atoms with Crippen LogP contribution in [0.3, 0.4) is 0 Å². The molecule has 2 amide bonds. The average molecular weight is 369 g/mol. The molecule has 2 N–H and O–H groups in total. The molecule has 27 heavy (non-hydrogen) atoms. The minimum Gasteiger partial charge on any atom is -0.338 e. The first-order chi connectivity index (χ1) is 13.1. The highest BCUT2D eigenvalue weighted by molar-refractivity contribution is 5.74. The van der Waals surface area contributed by atoms with Crippen molar-refractivity contribution in [2.24, 2.45) is 0 Å². The number of amides is 2. The molecule has 0 saturated carbocycles. The lowest BCUT2D eigenvalue weighted by molar-refractivity contribution is 0.140. The lowest BCUT2D eigenvalue weighted by Gasteiger charge is -2.34. The number of aromatic nitrogens is 2. The Bertz CT molecular complexity index is 798. The van der Waals surface area contributed by atoms with Crippen LogP contribution in [0.2, 0.25) is 0 Å². The van der Waals surface area contributed by atoms with Crippen LogP contribution >= 0.6 is 0 Å². The van der Waals surface area contributed by atoms with Gasteiger partial charge in [-0.2, -0.15) is 0 Å². The number of rotatable bonds is 6. The first kappa shape index (κ1) is 19.1. The second-order valence-corrected chi connectivity index (χ2v) is 6.88. The molecule has 0 radical (unpaired) electrons. The van der Waals surface area contributed by atoms with Gasteiger partial charge >= 0.3 is 6.03 Å². The molecule has 7 nitrogen and oxygen atoms in total. The van der Waals surface area contributed by atoms with Crippen LogP contribution in [-0.4, -0.2) is 65.1 Å². The zero-order valence-electron chi connectivity index (χ0n) is 15.8. The van der Waals surface area contributed by atoms with Gasteiger partial charge in [0.05, 0.1) is 0 Å². The second kappa shape index (κ2) is 9.32. The number of nitrogens with one attached hydrogen (secondary N) is 2. The molecule has 1 aliphatic heterocycles.